The minimum absolute atomic E-state index is 0.0141. The van der Waals surface area contributed by atoms with Crippen LogP contribution in [0.5, 0.6) is 0 Å². The van der Waals surface area contributed by atoms with E-state index in [4.69, 9.17) is 5.73 Å². The van der Waals surface area contributed by atoms with Crippen LogP contribution in [0, 0.1) is 0 Å². The Bertz CT molecular complexity index is 440. The molecule has 0 radical (unpaired) electrons. The van der Waals surface area contributed by atoms with Gasteiger partial charge in [-0.1, -0.05) is 0 Å². The molecule has 8 heteroatoms. The number of rotatable bonds is 2. The molecular formula is C9H13N5O3. The number of hydrogen-bond donors (Lipinski definition) is 4. The van der Waals surface area contributed by atoms with Crippen molar-refractivity contribution in [3.63, 3.8) is 0 Å². The average molecular weight is 239 g/mol. The van der Waals surface area contributed by atoms with Gasteiger partial charge in [0, 0.05) is 0 Å². The van der Waals surface area contributed by atoms with Crippen molar-refractivity contribution in [2.24, 2.45) is 20.7 Å². The Hall–Kier alpha value is -1.80. The van der Waals surface area contributed by atoms with Crippen LogP contribution in [-0.2, 0) is 4.79 Å². The summed E-state index contributed by atoms with van der Waals surface area (Å²) in [5, 5.41) is 21.2. The lowest BCUT2D eigenvalue weighted by atomic mass is 10.1. The highest BCUT2D eigenvalue weighted by atomic mass is 16.3. The first-order valence-electron chi connectivity index (χ1n) is 5.11. The molecule has 92 valence electrons. The van der Waals surface area contributed by atoms with Gasteiger partial charge in [0.1, 0.15) is 6.10 Å². The standard InChI is InChI=1S/C9H13N5O3/c1-3(15)6(16)4-2-11-7-5(12-4)8(17)14-9(10)13-7/h3,5-6,15-16H,2H2,1H3,(H3,10,11,13,14,17)/t3-,5+,6+/m1/s1. The monoisotopic (exact) mass is 239 g/mol. The van der Waals surface area contributed by atoms with Crippen molar-refractivity contribution in [3.8, 4) is 0 Å². The fourth-order valence-electron chi connectivity index (χ4n) is 1.58. The van der Waals surface area contributed by atoms with Crippen molar-refractivity contribution in [2.45, 2.75) is 25.2 Å². The summed E-state index contributed by atoms with van der Waals surface area (Å²) in [4.78, 5) is 23.5. The zero-order chi connectivity index (χ0) is 12.6. The molecule has 2 aliphatic rings. The quantitative estimate of drug-likeness (QED) is 0.420. The Balaban J connectivity index is 2.25. The van der Waals surface area contributed by atoms with Crippen LogP contribution in [0.1, 0.15) is 6.92 Å². The summed E-state index contributed by atoms with van der Waals surface area (Å²) in [6.45, 7) is 1.53. The van der Waals surface area contributed by atoms with Gasteiger partial charge in [0.2, 0.25) is 5.96 Å². The zero-order valence-electron chi connectivity index (χ0n) is 9.16. The Morgan fingerprint density at radius 3 is 2.88 bits per heavy atom. The molecule has 0 spiro atoms. The van der Waals surface area contributed by atoms with Crippen molar-refractivity contribution < 1.29 is 15.0 Å². The number of nitrogens with one attached hydrogen (secondary N) is 1. The van der Waals surface area contributed by atoms with Gasteiger partial charge >= 0.3 is 0 Å². The lowest BCUT2D eigenvalue weighted by molar-refractivity contribution is -0.119. The van der Waals surface area contributed by atoms with Crippen LogP contribution in [0.3, 0.4) is 0 Å². The molecule has 0 aromatic carbocycles. The average Bonchev–Trinajstić information content (AvgIpc) is 2.27. The zero-order valence-corrected chi connectivity index (χ0v) is 9.16. The maximum Gasteiger partial charge on any atom is 0.259 e. The number of nitrogens with zero attached hydrogens (tertiary/aromatic N) is 3. The maximum atomic E-state index is 11.6. The SMILES string of the molecule is C[C@@H](O)[C@H](O)C1=N[C@@H]2C(=O)NC(N)=NC2=NC1. The molecule has 1 amide bonds. The van der Waals surface area contributed by atoms with Crippen LogP contribution in [-0.4, -0.2) is 58.4 Å². The number of carbonyl (C=O) groups excluding carboxylic acids is 1. The van der Waals surface area contributed by atoms with Crippen molar-refractivity contribution >= 4 is 23.4 Å². The van der Waals surface area contributed by atoms with Crippen molar-refractivity contribution in [1.82, 2.24) is 5.32 Å². The van der Waals surface area contributed by atoms with E-state index in [0.29, 0.717) is 0 Å². The van der Waals surface area contributed by atoms with Crippen molar-refractivity contribution in [3.05, 3.63) is 0 Å². The smallest absolute Gasteiger partial charge is 0.259 e. The van der Waals surface area contributed by atoms with E-state index < -0.39 is 24.2 Å². The van der Waals surface area contributed by atoms with E-state index >= 15 is 0 Å². The molecule has 5 N–H and O–H groups in total. The van der Waals surface area contributed by atoms with Gasteiger partial charge in [-0.2, -0.15) is 4.99 Å². The highest BCUT2D eigenvalue weighted by Crippen LogP contribution is 2.11. The first kappa shape index (κ1) is 11.7. The predicted molar refractivity (Wildman–Crippen MR) is 61.0 cm³/mol. The minimum Gasteiger partial charge on any atom is -0.390 e. The maximum absolute atomic E-state index is 11.6. The highest BCUT2D eigenvalue weighted by Gasteiger charge is 2.33. The number of amidine groups is 1. The molecule has 17 heavy (non-hydrogen) atoms. The molecule has 0 aliphatic carbocycles. The van der Waals surface area contributed by atoms with E-state index in [-0.39, 0.29) is 24.1 Å². The van der Waals surface area contributed by atoms with Crippen LogP contribution >= 0.6 is 0 Å². The number of guanidine groups is 1. The fraction of sp³-hybridized carbons (Fsp3) is 0.556. The Morgan fingerprint density at radius 1 is 1.53 bits per heavy atom. The summed E-state index contributed by atoms with van der Waals surface area (Å²) in [6.07, 6.45) is -2.10. The number of hydrogen-bond acceptors (Lipinski definition) is 7. The number of aliphatic hydroxyl groups is 2. The van der Waals surface area contributed by atoms with E-state index in [2.05, 4.69) is 20.3 Å². The topological polar surface area (TPSA) is 133 Å². The normalized spacial score (nSPS) is 27.1. The summed E-state index contributed by atoms with van der Waals surface area (Å²) in [5.74, 6) is -0.223. The number of nitrogens with two attached hydrogens (primary N) is 1. The van der Waals surface area contributed by atoms with Crippen LogP contribution in [0.25, 0.3) is 0 Å². The van der Waals surface area contributed by atoms with Crippen molar-refractivity contribution in [2.75, 3.05) is 6.54 Å². The Labute approximate surface area is 97.0 Å². The fourth-order valence-corrected chi connectivity index (χ4v) is 1.58. The van der Waals surface area contributed by atoms with Crippen LogP contribution in [0.15, 0.2) is 15.0 Å². The molecule has 0 bridgehead atoms. The van der Waals surface area contributed by atoms with Gasteiger partial charge in [-0.05, 0) is 6.92 Å². The van der Waals surface area contributed by atoms with E-state index in [1.807, 2.05) is 0 Å². The lowest BCUT2D eigenvalue weighted by Gasteiger charge is -2.25. The molecule has 8 nitrogen and oxygen atoms in total. The first-order chi connectivity index (χ1) is 7.99. The second kappa shape index (κ2) is 4.22. The summed E-state index contributed by atoms with van der Waals surface area (Å²) < 4.78 is 0. The minimum atomic E-state index is -1.13. The van der Waals surface area contributed by atoms with Crippen LogP contribution < -0.4 is 11.1 Å². The third-order valence-electron chi connectivity index (χ3n) is 2.48. The molecular weight excluding hydrogens is 226 g/mol. The Kier molecular flexibility index (Phi) is 2.90. The molecule has 0 aromatic heterocycles. The van der Waals surface area contributed by atoms with Gasteiger partial charge < -0.3 is 15.9 Å². The molecule has 3 atom stereocenters. The lowest BCUT2D eigenvalue weighted by Crippen LogP contribution is -2.52. The molecule has 2 heterocycles. The second-order valence-electron chi connectivity index (χ2n) is 3.87. The summed E-state index contributed by atoms with van der Waals surface area (Å²) in [7, 11) is 0. The molecule has 2 rings (SSSR count). The van der Waals surface area contributed by atoms with Gasteiger partial charge in [-0.15, -0.1) is 0 Å². The number of amides is 1. The van der Waals surface area contributed by atoms with E-state index in [0.717, 1.165) is 0 Å². The number of carbonyl (C=O) groups is 1. The molecule has 2 aliphatic heterocycles. The largest absolute Gasteiger partial charge is 0.390 e. The molecule has 0 saturated heterocycles. The summed E-state index contributed by atoms with van der Waals surface area (Å²) >= 11 is 0. The second-order valence-corrected chi connectivity index (χ2v) is 3.87. The highest BCUT2D eigenvalue weighted by molar-refractivity contribution is 6.21. The first-order valence-corrected chi connectivity index (χ1v) is 5.11. The molecule has 0 unspecified atom stereocenters. The predicted octanol–water partition coefficient (Wildman–Crippen LogP) is -2.61. The van der Waals surface area contributed by atoms with Crippen LogP contribution in [0.4, 0.5) is 0 Å². The number of aliphatic imine (C=N–C) groups is 3. The number of fused-ring (bicyclic) bond motifs is 1. The van der Waals surface area contributed by atoms with Gasteiger partial charge in [-0.3, -0.25) is 20.1 Å². The van der Waals surface area contributed by atoms with Gasteiger partial charge in [0.05, 0.1) is 18.4 Å². The molecule has 0 fully saturated rings. The third-order valence-corrected chi connectivity index (χ3v) is 2.48. The van der Waals surface area contributed by atoms with Crippen LogP contribution in [0.2, 0.25) is 0 Å². The summed E-state index contributed by atoms with van der Waals surface area (Å²) in [6, 6.07) is -0.889. The van der Waals surface area contributed by atoms with Gasteiger partial charge in [0.25, 0.3) is 5.91 Å². The van der Waals surface area contributed by atoms with E-state index in [1.165, 1.54) is 6.92 Å². The third kappa shape index (κ3) is 2.17. The molecule has 0 aromatic rings. The van der Waals surface area contributed by atoms with E-state index in [1.54, 1.807) is 0 Å². The summed E-state index contributed by atoms with van der Waals surface area (Å²) in [5.41, 5.74) is 5.64. The Morgan fingerprint density at radius 2 is 2.24 bits per heavy atom. The van der Waals surface area contributed by atoms with Crippen molar-refractivity contribution in [1.29, 1.82) is 0 Å². The van der Waals surface area contributed by atoms with E-state index in [9.17, 15) is 15.0 Å². The molecule has 0 saturated carbocycles. The van der Waals surface area contributed by atoms with Gasteiger partial charge in [0.15, 0.2) is 11.9 Å². The number of aliphatic hydroxyl groups excluding tert-OH is 2. The van der Waals surface area contributed by atoms with Gasteiger partial charge in [-0.25, -0.2) is 0 Å².